The highest BCUT2D eigenvalue weighted by Crippen LogP contribution is 2.28. The third kappa shape index (κ3) is 3.80. The lowest BCUT2D eigenvalue weighted by molar-refractivity contribution is -0.122. The Hall–Kier alpha value is -1.35. The van der Waals surface area contributed by atoms with Crippen molar-refractivity contribution in [3.05, 3.63) is 35.4 Å². The van der Waals surface area contributed by atoms with Crippen LogP contribution in [0.1, 0.15) is 36.8 Å². The summed E-state index contributed by atoms with van der Waals surface area (Å²) in [6, 6.07) is 9.71. The van der Waals surface area contributed by atoms with E-state index >= 15 is 0 Å². The van der Waals surface area contributed by atoms with Crippen molar-refractivity contribution in [3.63, 3.8) is 0 Å². The Labute approximate surface area is 115 Å². The first kappa shape index (κ1) is 12.7. The minimum atomic E-state index is 0.196. The van der Waals surface area contributed by atoms with Crippen molar-refractivity contribution in [1.82, 2.24) is 10.2 Å². The highest BCUT2D eigenvalue weighted by atomic mass is 16.2. The highest BCUT2D eigenvalue weighted by Gasteiger charge is 2.31. The second-order valence-corrected chi connectivity index (χ2v) is 5.96. The van der Waals surface area contributed by atoms with Gasteiger partial charge < -0.3 is 5.32 Å². The van der Waals surface area contributed by atoms with Gasteiger partial charge in [0, 0.05) is 18.6 Å². The normalized spacial score (nSPS) is 18.6. The molecule has 2 aliphatic rings. The largest absolute Gasteiger partial charge is 0.352 e. The predicted octanol–water partition coefficient (Wildman–Crippen LogP) is 2.24. The Morgan fingerprint density at radius 2 is 1.89 bits per heavy atom. The molecule has 0 spiro atoms. The van der Waals surface area contributed by atoms with Crippen molar-refractivity contribution in [1.29, 1.82) is 0 Å². The Balaban J connectivity index is 1.57. The number of aryl methyl sites for hydroxylation is 1. The van der Waals surface area contributed by atoms with Crippen molar-refractivity contribution in [2.45, 2.75) is 51.2 Å². The maximum Gasteiger partial charge on any atom is 0.234 e. The van der Waals surface area contributed by atoms with Gasteiger partial charge in [0.2, 0.25) is 5.91 Å². The average Bonchev–Trinajstić information content (AvgIpc) is 3.24. The molecule has 2 saturated carbocycles. The average molecular weight is 258 g/mol. The fourth-order valence-corrected chi connectivity index (χ4v) is 2.37. The number of hydrogen-bond donors (Lipinski definition) is 1. The van der Waals surface area contributed by atoms with Crippen LogP contribution in [0.3, 0.4) is 0 Å². The molecule has 1 aromatic rings. The molecule has 2 aliphatic carbocycles. The highest BCUT2D eigenvalue weighted by molar-refractivity contribution is 5.78. The molecule has 0 unspecified atom stereocenters. The molecule has 1 aromatic carbocycles. The SMILES string of the molecule is Cc1ccc(CN(CC(=O)NC2CC2)C2CC2)cc1. The van der Waals surface area contributed by atoms with Crippen molar-refractivity contribution >= 4 is 5.91 Å². The van der Waals surface area contributed by atoms with E-state index in [4.69, 9.17) is 0 Å². The fourth-order valence-electron chi connectivity index (χ4n) is 2.37. The Kier molecular flexibility index (Phi) is 3.56. The summed E-state index contributed by atoms with van der Waals surface area (Å²) in [5.74, 6) is 0.196. The van der Waals surface area contributed by atoms with E-state index in [0.717, 1.165) is 19.4 Å². The molecule has 3 rings (SSSR count). The fraction of sp³-hybridized carbons (Fsp3) is 0.562. The van der Waals surface area contributed by atoms with Gasteiger partial charge in [0.15, 0.2) is 0 Å². The number of carbonyl (C=O) groups is 1. The van der Waals surface area contributed by atoms with Gasteiger partial charge in [0.25, 0.3) is 0 Å². The quantitative estimate of drug-likeness (QED) is 0.848. The molecule has 3 nitrogen and oxygen atoms in total. The summed E-state index contributed by atoms with van der Waals surface area (Å²) in [7, 11) is 0. The number of nitrogens with one attached hydrogen (secondary N) is 1. The molecule has 0 radical (unpaired) electrons. The second-order valence-electron chi connectivity index (χ2n) is 5.96. The first-order valence-electron chi connectivity index (χ1n) is 7.29. The Morgan fingerprint density at radius 1 is 1.21 bits per heavy atom. The van der Waals surface area contributed by atoms with Crippen LogP contribution in [-0.2, 0) is 11.3 Å². The zero-order chi connectivity index (χ0) is 13.2. The van der Waals surface area contributed by atoms with Crippen molar-refractivity contribution in [3.8, 4) is 0 Å². The molecule has 0 bridgehead atoms. The van der Waals surface area contributed by atoms with E-state index < -0.39 is 0 Å². The van der Waals surface area contributed by atoms with Crippen LogP contribution < -0.4 is 5.32 Å². The molecule has 2 fully saturated rings. The number of carbonyl (C=O) groups excluding carboxylic acids is 1. The topological polar surface area (TPSA) is 32.3 Å². The van der Waals surface area contributed by atoms with Crippen LogP contribution in [0.2, 0.25) is 0 Å². The zero-order valence-electron chi connectivity index (χ0n) is 11.6. The molecule has 0 aliphatic heterocycles. The number of benzene rings is 1. The predicted molar refractivity (Wildman–Crippen MR) is 75.8 cm³/mol. The van der Waals surface area contributed by atoms with Gasteiger partial charge in [-0.2, -0.15) is 0 Å². The second kappa shape index (κ2) is 5.33. The lowest BCUT2D eigenvalue weighted by Crippen LogP contribution is -2.38. The van der Waals surface area contributed by atoms with E-state index in [1.165, 1.54) is 24.0 Å². The van der Waals surface area contributed by atoms with Gasteiger partial charge in [0.1, 0.15) is 0 Å². The van der Waals surface area contributed by atoms with Gasteiger partial charge in [-0.15, -0.1) is 0 Å². The summed E-state index contributed by atoms with van der Waals surface area (Å²) >= 11 is 0. The van der Waals surface area contributed by atoms with Crippen molar-refractivity contribution in [2.24, 2.45) is 0 Å². The molecule has 0 aromatic heterocycles. The van der Waals surface area contributed by atoms with Crippen LogP contribution in [0.25, 0.3) is 0 Å². The van der Waals surface area contributed by atoms with Gasteiger partial charge in [-0.25, -0.2) is 0 Å². The molecule has 1 amide bonds. The van der Waals surface area contributed by atoms with Gasteiger partial charge in [0.05, 0.1) is 6.54 Å². The maximum atomic E-state index is 11.9. The van der Waals surface area contributed by atoms with E-state index in [1.807, 2.05) is 0 Å². The summed E-state index contributed by atoms with van der Waals surface area (Å²) in [4.78, 5) is 14.2. The third-order valence-electron chi connectivity index (χ3n) is 3.86. The summed E-state index contributed by atoms with van der Waals surface area (Å²) < 4.78 is 0. The van der Waals surface area contributed by atoms with Crippen LogP contribution in [0.4, 0.5) is 0 Å². The monoisotopic (exact) mass is 258 g/mol. The smallest absolute Gasteiger partial charge is 0.234 e. The number of rotatable bonds is 6. The molecule has 102 valence electrons. The summed E-state index contributed by atoms with van der Waals surface area (Å²) in [5, 5.41) is 3.08. The standard InChI is InChI=1S/C16H22N2O/c1-12-2-4-13(5-3-12)10-18(15-8-9-15)11-16(19)17-14-6-7-14/h2-5,14-15H,6-11H2,1H3,(H,17,19). The van der Waals surface area contributed by atoms with Gasteiger partial charge in [-0.3, -0.25) is 9.69 Å². The van der Waals surface area contributed by atoms with E-state index in [2.05, 4.69) is 41.4 Å². The molecular weight excluding hydrogens is 236 g/mol. The van der Waals surface area contributed by atoms with Crippen LogP contribution in [0, 0.1) is 6.92 Å². The molecule has 1 N–H and O–H groups in total. The minimum Gasteiger partial charge on any atom is -0.352 e. The zero-order valence-corrected chi connectivity index (χ0v) is 11.6. The summed E-state index contributed by atoms with van der Waals surface area (Å²) in [6.45, 7) is 3.55. The summed E-state index contributed by atoms with van der Waals surface area (Å²) in [6.07, 6.45) is 4.80. The molecular formula is C16H22N2O. The first-order valence-corrected chi connectivity index (χ1v) is 7.29. The number of amides is 1. The lowest BCUT2D eigenvalue weighted by Gasteiger charge is -2.21. The Morgan fingerprint density at radius 3 is 2.47 bits per heavy atom. The molecule has 3 heteroatoms. The molecule has 0 heterocycles. The van der Waals surface area contributed by atoms with Crippen molar-refractivity contribution in [2.75, 3.05) is 6.54 Å². The minimum absolute atomic E-state index is 0.196. The van der Waals surface area contributed by atoms with Crippen LogP contribution in [-0.4, -0.2) is 29.4 Å². The van der Waals surface area contributed by atoms with Crippen LogP contribution >= 0.6 is 0 Å². The van der Waals surface area contributed by atoms with Crippen LogP contribution in [0.5, 0.6) is 0 Å². The van der Waals surface area contributed by atoms with E-state index in [-0.39, 0.29) is 5.91 Å². The molecule has 0 atom stereocenters. The lowest BCUT2D eigenvalue weighted by atomic mass is 10.1. The first-order chi connectivity index (χ1) is 9.20. The van der Waals surface area contributed by atoms with Gasteiger partial charge in [-0.1, -0.05) is 29.8 Å². The molecule has 19 heavy (non-hydrogen) atoms. The Bertz CT molecular complexity index is 446. The third-order valence-corrected chi connectivity index (χ3v) is 3.86. The van der Waals surface area contributed by atoms with Gasteiger partial charge >= 0.3 is 0 Å². The number of nitrogens with zero attached hydrogens (tertiary/aromatic N) is 1. The van der Waals surface area contributed by atoms with E-state index in [0.29, 0.717) is 18.6 Å². The van der Waals surface area contributed by atoms with Crippen LogP contribution in [0.15, 0.2) is 24.3 Å². The molecule has 0 saturated heterocycles. The number of hydrogen-bond acceptors (Lipinski definition) is 2. The van der Waals surface area contributed by atoms with E-state index in [9.17, 15) is 4.79 Å². The van der Waals surface area contributed by atoms with Crippen molar-refractivity contribution < 1.29 is 4.79 Å². The van der Waals surface area contributed by atoms with E-state index in [1.54, 1.807) is 0 Å². The summed E-state index contributed by atoms with van der Waals surface area (Å²) in [5.41, 5.74) is 2.59. The van der Waals surface area contributed by atoms with Gasteiger partial charge in [-0.05, 0) is 38.2 Å². The maximum absolute atomic E-state index is 11.9.